The average Bonchev–Trinajstić information content (AvgIpc) is 2.68. The second-order valence-electron chi connectivity index (χ2n) is 4.44. The minimum absolute atomic E-state index is 0.149. The summed E-state index contributed by atoms with van der Waals surface area (Å²) in [6, 6.07) is 2.17. The lowest BCUT2D eigenvalue weighted by atomic mass is 9.94. The van der Waals surface area contributed by atoms with Crippen molar-refractivity contribution in [3.05, 3.63) is 22.8 Å². The lowest BCUT2D eigenvalue weighted by Crippen LogP contribution is -2.28. The van der Waals surface area contributed by atoms with Crippen molar-refractivity contribution in [3.8, 4) is 11.5 Å². The van der Waals surface area contributed by atoms with E-state index in [0.29, 0.717) is 17.9 Å². The van der Waals surface area contributed by atoms with Crippen molar-refractivity contribution in [3.63, 3.8) is 0 Å². The molecule has 0 saturated carbocycles. The molecule has 1 aromatic rings. The number of Topliss-reactive ketones (excluding diaryl/α,β-unsaturated/α-hetero) is 1. The van der Waals surface area contributed by atoms with Crippen LogP contribution in [-0.4, -0.2) is 26.5 Å². The number of rotatable bonds is 2. The van der Waals surface area contributed by atoms with E-state index in [1.54, 1.807) is 14.2 Å². The van der Waals surface area contributed by atoms with Crippen LogP contribution in [0.25, 0.3) is 0 Å². The monoisotopic (exact) mass is 233 g/mol. The Bertz CT molecular complexity index is 496. The Balaban J connectivity index is 2.29. The number of carbonyl (C=O) groups excluding carboxylic acids is 1. The third kappa shape index (κ3) is 1.37. The van der Waals surface area contributed by atoms with E-state index in [-0.39, 0.29) is 11.8 Å². The van der Waals surface area contributed by atoms with E-state index in [9.17, 15) is 4.79 Å². The van der Waals surface area contributed by atoms with E-state index in [1.807, 2.05) is 6.07 Å². The molecule has 1 heterocycles. The number of ketones is 1. The highest BCUT2D eigenvalue weighted by Crippen LogP contribution is 2.45. The van der Waals surface area contributed by atoms with Crippen molar-refractivity contribution in [2.24, 2.45) is 0 Å². The highest BCUT2D eigenvalue weighted by Gasteiger charge is 2.37. The molecule has 0 bridgehead atoms. The first-order chi connectivity index (χ1) is 8.26. The molecule has 1 atom stereocenters. The van der Waals surface area contributed by atoms with Gasteiger partial charge in [0, 0.05) is 12.5 Å². The van der Waals surface area contributed by atoms with Crippen molar-refractivity contribution in [1.29, 1.82) is 0 Å². The predicted octanol–water partition coefficient (Wildman–Crippen LogP) is 1.48. The molecule has 0 saturated heterocycles. The van der Waals surface area contributed by atoms with Crippen LogP contribution in [0, 0.1) is 0 Å². The first-order valence-electron chi connectivity index (χ1n) is 5.80. The zero-order valence-corrected chi connectivity index (χ0v) is 10.0. The molecule has 0 spiro atoms. The Morgan fingerprint density at radius 3 is 2.88 bits per heavy atom. The summed E-state index contributed by atoms with van der Waals surface area (Å²) in [6.07, 6.45) is 1.47. The first-order valence-corrected chi connectivity index (χ1v) is 5.80. The standard InChI is InChI=1S/C13H15NO3/c1-16-10-5-7-3-4-14-8-6-9(15)12(11(7)8)13(10)17-2/h5,8,14H,3-4,6H2,1-2H3. The highest BCUT2D eigenvalue weighted by atomic mass is 16.5. The Morgan fingerprint density at radius 2 is 2.18 bits per heavy atom. The Kier molecular flexibility index (Phi) is 2.33. The summed E-state index contributed by atoms with van der Waals surface area (Å²) in [6.45, 7) is 0.917. The molecule has 0 radical (unpaired) electrons. The van der Waals surface area contributed by atoms with Crippen LogP contribution in [0.5, 0.6) is 11.5 Å². The fourth-order valence-electron chi connectivity index (χ4n) is 2.89. The molecule has 0 fully saturated rings. The van der Waals surface area contributed by atoms with Crippen LogP contribution in [0.4, 0.5) is 0 Å². The van der Waals surface area contributed by atoms with Gasteiger partial charge in [-0.2, -0.15) is 0 Å². The number of carbonyl (C=O) groups is 1. The number of hydrogen-bond donors (Lipinski definition) is 1. The van der Waals surface area contributed by atoms with Gasteiger partial charge in [0.2, 0.25) is 0 Å². The summed E-state index contributed by atoms with van der Waals surface area (Å²) in [5.41, 5.74) is 3.06. The maximum Gasteiger partial charge on any atom is 0.171 e. The number of benzene rings is 1. The molecule has 4 nitrogen and oxygen atoms in total. The maximum atomic E-state index is 12.1. The van der Waals surface area contributed by atoms with E-state index in [2.05, 4.69) is 5.32 Å². The highest BCUT2D eigenvalue weighted by molar-refractivity contribution is 6.05. The van der Waals surface area contributed by atoms with Crippen molar-refractivity contribution < 1.29 is 14.3 Å². The van der Waals surface area contributed by atoms with Crippen LogP contribution in [0.3, 0.4) is 0 Å². The lowest BCUT2D eigenvalue weighted by molar-refractivity contribution is 0.0983. The van der Waals surface area contributed by atoms with Gasteiger partial charge in [-0.3, -0.25) is 4.79 Å². The van der Waals surface area contributed by atoms with Crippen LogP contribution >= 0.6 is 0 Å². The molecule has 1 aromatic carbocycles. The van der Waals surface area contributed by atoms with Gasteiger partial charge in [-0.25, -0.2) is 0 Å². The molecule has 0 amide bonds. The normalized spacial score (nSPS) is 21.3. The molecule has 17 heavy (non-hydrogen) atoms. The molecular weight excluding hydrogens is 218 g/mol. The molecule has 3 rings (SSSR count). The fraction of sp³-hybridized carbons (Fsp3) is 0.462. The Labute approximate surface area is 99.9 Å². The van der Waals surface area contributed by atoms with E-state index in [4.69, 9.17) is 9.47 Å². The quantitative estimate of drug-likeness (QED) is 0.840. The van der Waals surface area contributed by atoms with Crippen LogP contribution in [0.15, 0.2) is 6.07 Å². The van der Waals surface area contributed by atoms with Gasteiger partial charge in [0.05, 0.1) is 19.8 Å². The second-order valence-corrected chi connectivity index (χ2v) is 4.44. The van der Waals surface area contributed by atoms with Gasteiger partial charge in [-0.05, 0) is 30.2 Å². The van der Waals surface area contributed by atoms with Gasteiger partial charge < -0.3 is 14.8 Å². The molecule has 1 unspecified atom stereocenters. The summed E-state index contributed by atoms with van der Waals surface area (Å²) < 4.78 is 10.7. The van der Waals surface area contributed by atoms with Gasteiger partial charge in [-0.1, -0.05) is 0 Å². The number of nitrogens with one attached hydrogen (secondary N) is 1. The minimum Gasteiger partial charge on any atom is -0.493 e. The fourth-order valence-corrected chi connectivity index (χ4v) is 2.89. The van der Waals surface area contributed by atoms with E-state index >= 15 is 0 Å². The summed E-state index contributed by atoms with van der Waals surface area (Å²) in [7, 11) is 3.19. The number of methoxy groups -OCH3 is 2. The summed E-state index contributed by atoms with van der Waals surface area (Å²) in [5.74, 6) is 1.40. The summed E-state index contributed by atoms with van der Waals surface area (Å²) >= 11 is 0. The van der Waals surface area contributed by atoms with Gasteiger partial charge in [0.1, 0.15) is 0 Å². The average molecular weight is 233 g/mol. The first kappa shape index (κ1) is 10.6. The molecule has 90 valence electrons. The van der Waals surface area contributed by atoms with Gasteiger partial charge in [0.25, 0.3) is 0 Å². The van der Waals surface area contributed by atoms with E-state index in [0.717, 1.165) is 24.1 Å². The lowest BCUT2D eigenvalue weighted by Gasteiger charge is -2.24. The molecule has 0 aromatic heterocycles. The Morgan fingerprint density at radius 1 is 1.35 bits per heavy atom. The molecular formula is C13H15NO3. The third-order valence-electron chi connectivity index (χ3n) is 3.60. The van der Waals surface area contributed by atoms with Crippen LogP contribution in [0.2, 0.25) is 0 Å². The SMILES string of the molecule is COc1cc2c3c(c1OC)C(=O)CC3NCC2. The van der Waals surface area contributed by atoms with Crippen molar-refractivity contribution in [2.45, 2.75) is 18.9 Å². The van der Waals surface area contributed by atoms with E-state index < -0.39 is 0 Å². The summed E-state index contributed by atoms with van der Waals surface area (Å²) in [4.78, 5) is 12.1. The molecule has 4 heteroatoms. The zero-order chi connectivity index (χ0) is 12.0. The second kappa shape index (κ2) is 3.74. The van der Waals surface area contributed by atoms with Crippen LogP contribution in [0.1, 0.15) is 33.9 Å². The van der Waals surface area contributed by atoms with Gasteiger partial charge in [0.15, 0.2) is 17.3 Å². The summed E-state index contributed by atoms with van der Waals surface area (Å²) in [5, 5.41) is 3.38. The van der Waals surface area contributed by atoms with Gasteiger partial charge in [-0.15, -0.1) is 0 Å². The van der Waals surface area contributed by atoms with Crippen molar-refractivity contribution >= 4 is 5.78 Å². The Hall–Kier alpha value is -1.55. The zero-order valence-electron chi connectivity index (χ0n) is 10.0. The number of hydrogen-bond acceptors (Lipinski definition) is 4. The van der Waals surface area contributed by atoms with Gasteiger partial charge >= 0.3 is 0 Å². The molecule has 1 N–H and O–H groups in total. The van der Waals surface area contributed by atoms with E-state index in [1.165, 1.54) is 5.56 Å². The molecule has 1 aliphatic heterocycles. The largest absolute Gasteiger partial charge is 0.493 e. The van der Waals surface area contributed by atoms with Crippen molar-refractivity contribution in [1.82, 2.24) is 5.32 Å². The van der Waals surface area contributed by atoms with Crippen molar-refractivity contribution in [2.75, 3.05) is 20.8 Å². The third-order valence-corrected chi connectivity index (χ3v) is 3.60. The maximum absolute atomic E-state index is 12.1. The van der Waals surface area contributed by atoms with Crippen LogP contribution < -0.4 is 14.8 Å². The number of ether oxygens (including phenoxy) is 2. The minimum atomic E-state index is 0.149. The molecule has 2 aliphatic rings. The molecule has 1 aliphatic carbocycles. The predicted molar refractivity (Wildman–Crippen MR) is 62.9 cm³/mol. The van der Waals surface area contributed by atoms with Crippen LogP contribution in [-0.2, 0) is 6.42 Å². The topological polar surface area (TPSA) is 47.6 Å². The smallest absolute Gasteiger partial charge is 0.171 e.